The zero-order chi connectivity index (χ0) is 15.6. The summed E-state index contributed by atoms with van der Waals surface area (Å²) in [6.45, 7) is 3.74. The van der Waals surface area contributed by atoms with Crippen molar-refractivity contribution in [1.82, 2.24) is 9.62 Å². The number of nitrogens with one attached hydrogen (secondary N) is 1. The molecule has 1 unspecified atom stereocenters. The molecule has 1 saturated heterocycles. The second kappa shape index (κ2) is 5.84. The van der Waals surface area contributed by atoms with Gasteiger partial charge in [0.15, 0.2) is 0 Å². The monoisotopic (exact) mass is 307 g/mol. The minimum atomic E-state index is -3.64. The van der Waals surface area contributed by atoms with Crippen LogP contribution in [0.4, 0.5) is 0 Å². The van der Waals surface area contributed by atoms with Crippen LogP contribution in [0.3, 0.4) is 0 Å². The van der Waals surface area contributed by atoms with Crippen LogP contribution in [-0.4, -0.2) is 37.8 Å². The molecule has 0 bridgehead atoms. The van der Waals surface area contributed by atoms with Crippen LogP contribution in [0, 0.1) is 18.3 Å². The third-order valence-electron chi connectivity index (χ3n) is 3.49. The lowest BCUT2D eigenvalue weighted by molar-refractivity contribution is -0.119. The molecule has 0 aromatic heterocycles. The van der Waals surface area contributed by atoms with Crippen LogP contribution >= 0.6 is 0 Å². The molecule has 0 radical (unpaired) electrons. The predicted molar refractivity (Wildman–Crippen MR) is 76.9 cm³/mol. The Morgan fingerprint density at radius 2 is 2.19 bits per heavy atom. The third kappa shape index (κ3) is 3.23. The van der Waals surface area contributed by atoms with Crippen molar-refractivity contribution in [1.29, 1.82) is 5.26 Å². The summed E-state index contributed by atoms with van der Waals surface area (Å²) in [6, 6.07) is 6.42. The number of carbonyl (C=O) groups is 1. The smallest absolute Gasteiger partial charge is 0.243 e. The Morgan fingerprint density at radius 1 is 1.48 bits per heavy atom. The lowest BCUT2D eigenvalue weighted by Gasteiger charge is -2.18. The number of sulfonamides is 1. The van der Waals surface area contributed by atoms with Crippen molar-refractivity contribution in [3.8, 4) is 6.07 Å². The molecule has 1 aliphatic rings. The van der Waals surface area contributed by atoms with E-state index in [2.05, 4.69) is 5.32 Å². The molecule has 1 amide bonds. The first-order chi connectivity index (χ1) is 9.84. The van der Waals surface area contributed by atoms with E-state index in [1.165, 1.54) is 17.3 Å². The maximum atomic E-state index is 12.7. The molecule has 2 rings (SSSR count). The highest BCUT2D eigenvalue weighted by Gasteiger charge is 2.33. The number of aryl methyl sites for hydroxylation is 1. The molecular formula is C14H17N3O3S. The molecule has 0 saturated carbocycles. The van der Waals surface area contributed by atoms with Gasteiger partial charge in [-0.15, -0.1) is 0 Å². The van der Waals surface area contributed by atoms with E-state index in [1.807, 2.05) is 6.07 Å². The highest BCUT2D eigenvalue weighted by atomic mass is 32.2. The molecule has 21 heavy (non-hydrogen) atoms. The molecule has 112 valence electrons. The summed E-state index contributed by atoms with van der Waals surface area (Å²) in [7, 11) is -3.64. The summed E-state index contributed by atoms with van der Waals surface area (Å²) >= 11 is 0. The summed E-state index contributed by atoms with van der Waals surface area (Å²) in [5.74, 6) is -0.165. The molecule has 0 spiro atoms. The Labute approximate surface area is 124 Å². The van der Waals surface area contributed by atoms with Gasteiger partial charge in [0.25, 0.3) is 0 Å². The molecule has 1 N–H and O–H groups in total. The fourth-order valence-electron chi connectivity index (χ4n) is 2.44. The van der Waals surface area contributed by atoms with Crippen LogP contribution < -0.4 is 5.32 Å². The maximum Gasteiger partial charge on any atom is 0.243 e. The predicted octanol–water partition coefficient (Wildman–Crippen LogP) is 0.766. The molecule has 1 fully saturated rings. The normalized spacial score (nSPS) is 19.2. The average Bonchev–Trinajstić information content (AvgIpc) is 2.87. The Bertz CT molecular complexity index is 707. The Kier molecular flexibility index (Phi) is 4.30. The quantitative estimate of drug-likeness (QED) is 0.893. The molecular weight excluding hydrogens is 290 g/mol. The van der Waals surface area contributed by atoms with Crippen LogP contribution in [0.5, 0.6) is 0 Å². The van der Waals surface area contributed by atoms with Gasteiger partial charge in [0, 0.05) is 26.1 Å². The summed E-state index contributed by atoms with van der Waals surface area (Å²) in [5.41, 5.74) is 0.925. The standard InChI is InChI=1S/C14H17N3O3S/c1-10-3-4-12(8-15)7-14(10)21(19,20)17-6-5-13(9-17)16-11(2)18/h3-4,7,13H,5-6,9H2,1-2H3,(H,16,18). The second-order valence-corrected chi connectivity index (χ2v) is 7.05. The average molecular weight is 307 g/mol. The fraction of sp³-hybridized carbons (Fsp3) is 0.429. The van der Waals surface area contributed by atoms with Gasteiger partial charge >= 0.3 is 0 Å². The topological polar surface area (TPSA) is 90.3 Å². The summed E-state index contributed by atoms with van der Waals surface area (Å²) < 4.78 is 26.7. The highest BCUT2D eigenvalue weighted by Crippen LogP contribution is 2.24. The minimum Gasteiger partial charge on any atom is -0.352 e. The lowest BCUT2D eigenvalue weighted by Crippen LogP contribution is -2.37. The van der Waals surface area contributed by atoms with Gasteiger partial charge in [0.2, 0.25) is 15.9 Å². The van der Waals surface area contributed by atoms with Crippen molar-refractivity contribution in [2.75, 3.05) is 13.1 Å². The molecule has 1 aromatic carbocycles. The van der Waals surface area contributed by atoms with E-state index in [0.717, 1.165) is 0 Å². The summed E-state index contributed by atoms with van der Waals surface area (Å²) in [5, 5.41) is 11.7. The van der Waals surface area contributed by atoms with Crippen molar-refractivity contribution >= 4 is 15.9 Å². The first kappa shape index (κ1) is 15.5. The van der Waals surface area contributed by atoms with Gasteiger partial charge in [-0.3, -0.25) is 4.79 Å². The second-order valence-electron chi connectivity index (χ2n) is 5.14. The SMILES string of the molecule is CC(=O)NC1CCN(S(=O)(=O)c2cc(C#N)ccc2C)C1. The number of carbonyl (C=O) groups excluding carboxylic acids is 1. The number of hydrogen-bond donors (Lipinski definition) is 1. The number of nitriles is 1. The summed E-state index contributed by atoms with van der Waals surface area (Å²) in [4.78, 5) is 11.2. The van der Waals surface area contributed by atoms with Crippen LogP contribution in [0.25, 0.3) is 0 Å². The molecule has 0 aliphatic carbocycles. The van der Waals surface area contributed by atoms with E-state index in [-0.39, 0.29) is 23.4 Å². The van der Waals surface area contributed by atoms with E-state index in [4.69, 9.17) is 5.26 Å². The van der Waals surface area contributed by atoms with Crippen LogP contribution in [0.2, 0.25) is 0 Å². The Hall–Kier alpha value is -1.91. The van der Waals surface area contributed by atoms with Gasteiger partial charge in [0.1, 0.15) is 0 Å². The molecule has 6 nitrogen and oxygen atoms in total. The van der Waals surface area contributed by atoms with Crippen molar-refractivity contribution in [2.24, 2.45) is 0 Å². The molecule has 1 heterocycles. The van der Waals surface area contributed by atoms with E-state index in [1.54, 1.807) is 19.1 Å². The zero-order valence-corrected chi connectivity index (χ0v) is 12.8. The van der Waals surface area contributed by atoms with Crippen LogP contribution in [0.1, 0.15) is 24.5 Å². The number of amides is 1. The van der Waals surface area contributed by atoms with Crippen LogP contribution in [-0.2, 0) is 14.8 Å². The molecule has 1 aromatic rings. The molecule has 1 aliphatic heterocycles. The van der Waals surface area contributed by atoms with Crippen molar-refractivity contribution in [3.05, 3.63) is 29.3 Å². The van der Waals surface area contributed by atoms with Gasteiger partial charge in [0.05, 0.1) is 16.5 Å². The molecule has 1 atom stereocenters. The minimum absolute atomic E-state index is 0.156. The fourth-order valence-corrected chi connectivity index (χ4v) is 4.19. The van der Waals surface area contributed by atoms with E-state index in [0.29, 0.717) is 24.1 Å². The molecule has 7 heteroatoms. The van der Waals surface area contributed by atoms with Gasteiger partial charge in [-0.1, -0.05) is 6.07 Å². The summed E-state index contributed by atoms with van der Waals surface area (Å²) in [6.07, 6.45) is 0.593. The van der Waals surface area contributed by atoms with Crippen molar-refractivity contribution in [2.45, 2.75) is 31.2 Å². The first-order valence-electron chi connectivity index (χ1n) is 6.62. The van der Waals surface area contributed by atoms with Crippen LogP contribution in [0.15, 0.2) is 23.1 Å². The van der Waals surface area contributed by atoms with E-state index in [9.17, 15) is 13.2 Å². The number of rotatable bonds is 3. The Balaban J connectivity index is 2.28. The van der Waals surface area contributed by atoms with Gasteiger partial charge < -0.3 is 5.32 Å². The largest absolute Gasteiger partial charge is 0.352 e. The lowest BCUT2D eigenvalue weighted by atomic mass is 10.2. The van der Waals surface area contributed by atoms with Crippen molar-refractivity contribution in [3.63, 3.8) is 0 Å². The van der Waals surface area contributed by atoms with E-state index >= 15 is 0 Å². The number of benzene rings is 1. The maximum absolute atomic E-state index is 12.7. The van der Waals surface area contributed by atoms with E-state index < -0.39 is 10.0 Å². The Morgan fingerprint density at radius 3 is 2.81 bits per heavy atom. The highest BCUT2D eigenvalue weighted by molar-refractivity contribution is 7.89. The number of hydrogen-bond acceptors (Lipinski definition) is 4. The van der Waals surface area contributed by atoms with Gasteiger partial charge in [-0.2, -0.15) is 9.57 Å². The first-order valence-corrected chi connectivity index (χ1v) is 8.06. The van der Waals surface area contributed by atoms with Gasteiger partial charge in [-0.05, 0) is 31.0 Å². The third-order valence-corrected chi connectivity index (χ3v) is 5.50. The van der Waals surface area contributed by atoms with Crippen molar-refractivity contribution < 1.29 is 13.2 Å². The number of nitrogens with zero attached hydrogens (tertiary/aromatic N) is 2. The zero-order valence-electron chi connectivity index (χ0n) is 12.0. The van der Waals surface area contributed by atoms with Gasteiger partial charge in [-0.25, -0.2) is 8.42 Å².